The van der Waals surface area contributed by atoms with Gasteiger partial charge in [0.2, 0.25) is 0 Å². The molecule has 2 rings (SSSR count). The Kier molecular flexibility index (Phi) is 4.38. The van der Waals surface area contributed by atoms with Crippen LogP contribution in [0.4, 0.5) is 0 Å². The number of hydrogen-bond acceptors (Lipinski definition) is 5. The second-order valence-corrected chi connectivity index (χ2v) is 5.02. The summed E-state index contributed by atoms with van der Waals surface area (Å²) in [5.41, 5.74) is 0.962. The van der Waals surface area contributed by atoms with Gasteiger partial charge in [-0.3, -0.25) is 0 Å². The normalized spacial score (nSPS) is 12.6. The second-order valence-electron chi connectivity index (χ2n) is 4.14. The van der Waals surface area contributed by atoms with Crippen LogP contribution in [0.5, 0.6) is 0 Å². The quantitative estimate of drug-likeness (QED) is 0.840. The Balaban J connectivity index is 2.13. The van der Waals surface area contributed by atoms with Crippen molar-refractivity contribution in [2.75, 3.05) is 13.3 Å². The van der Waals surface area contributed by atoms with Crippen LogP contribution in [0, 0.1) is 0 Å². The first-order chi connectivity index (χ1) is 8.72. The lowest BCUT2D eigenvalue weighted by atomic mass is 10.2. The summed E-state index contributed by atoms with van der Waals surface area (Å²) in [6, 6.07) is 8.46. The molecule has 96 valence electrons. The van der Waals surface area contributed by atoms with E-state index in [1.165, 1.54) is 4.90 Å². The number of likely N-dealkylation sites (N-methyl/N-ethyl adjacent to an activating group) is 1. The van der Waals surface area contributed by atoms with Gasteiger partial charge in [-0.05, 0) is 44.5 Å². The summed E-state index contributed by atoms with van der Waals surface area (Å²) in [6.07, 6.45) is 2.82. The van der Waals surface area contributed by atoms with E-state index in [2.05, 4.69) is 40.8 Å². The van der Waals surface area contributed by atoms with Crippen molar-refractivity contribution in [2.45, 2.75) is 24.3 Å². The molecule has 1 N–H and O–H groups in total. The lowest BCUT2D eigenvalue weighted by molar-refractivity contribution is 0.418. The van der Waals surface area contributed by atoms with Gasteiger partial charge in [0, 0.05) is 22.9 Å². The maximum Gasteiger partial charge on any atom is 0.257 e. The van der Waals surface area contributed by atoms with E-state index in [1.54, 1.807) is 11.8 Å². The van der Waals surface area contributed by atoms with Crippen molar-refractivity contribution in [2.24, 2.45) is 0 Å². The largest absolute Gasteiger partial charge is 0.334 e. The molecule has 2 aromatic rings. The van der Waals surface area contributed by atoms with E-state index in [0.29, 0.717) is 11.9 Å². The topological polar surface area (TPSA) is 51.0 Å². The molecule has 0 aliphatic rings. The highest BCUT2D eigenvalue weighted by atomic mass is 32.2. The smallest absolute Gasteiger partial charge is 0.257 e. The van der Waals surface area contributed by atoms with E-state index in [1.807, 2.05) is 19.2 Å². The van der Waals surface area contributed by atoms with Crippen LogP contribution < -0.4 is 5.32 Å². The Morgan fingerprint density at radius 2 is 2.06 bits per heavy atom. The summed E-state index contributed by atoms with van der Waals surface area (Å²) >= 11 is 1.71. The van der Waals surface area contributed by atoms with Crippen LogP contribution in [0.1, 0.15) is 12.7 Å². The molecule has 0 amide bonds. The first-order valence-corrected chi connectivity index (χ1v) is 7.09. The van der Waals surface area contributed by atoms with E-state index < -0.39 is 0 Å². The lowest BCUT2D eigenvalue weighted by Gasteiger charge is -2.04. The molecule has 0 radical (unpaired) electrons. The first kappa shape index (κ1) is 13.1. The van der Waals surface area contributed by atoms with Crippen molar-refractivity contribution in [3.05, 3.63) is 30.1 Å². The fourth-order valence-corrected chi connectivity index (χ4v) is 1.97. The molecule has 0 fully saturated rings. The van der Waals surface area contributed by atoms with Crippen molar-refractivity contribution in [1.29, 1.82) is 0 Å². The minimum Gasteiger partial charge on any atom is -0.334 e. The van der Waals surface area contributed by atoms with E-state index in [9.17, 15) is 0 Å². The fraction of sp³-hybridized carbons (Fsp3) is 0.385. The molecule has 1 aromatic carbocycles. The van der Waals surface area contributed by atoms with Crippen LogP contribution in [0.2, 0.25) is 0 Å². The highest BCUT2D eigenvalue weighted by Gasteiger charge is 2.10. The van der Waals surface area contributed by atoms with Gasteiger partial charge in [-0.15, -0.1) is 11.8 Å². The number of hydrogen-bond donors (Lipinski definition) is 1. The molecule has 18 heavy (non-hydrogen) atoms. The molecule has 1 atom stereocenters. The van der Waals surface area contributed by atoms with E-state index in [0.717, 1.165) is 17.8 Å². The van der Waals surface area contributed by atoms with Crippen LogP contribution in [0.3, 0.4) is 0 Å². The first-order valence-electron chi connectivity index (χ1n) is 5.87. The molecular weight excluding hydrogens is 246 g/mol. The monoisotopic (exact) mass is 263 g/mol. The average molecular weight is 263 g/mol. The summed E-state index contributed by atoms with van der Waals surface area (Å²) in [5, 5.41) is 7.14. The Morgan fingerprint density at radius 3 is 2.67 bits per heavy atom. The summed E-state index contributed by atoms with van der Waals surface area (Å²) in [6.45, 7) is 2.09. The van der Waals surface area contributed by atoms with Gasteiger partial charge in [0.05, 0.1) is 0 Å². The molecule has 1 aromatic heterocycles. The van der Waals surface area contributed by atoms with Crippen molar-refractivity contribution in [3.8, 4) is 11.5 Å². The zero-order valence-corrected chi connectivity index (χ0v) is 11.6. The molecule has 0 bridgehead atoms. The van der Waals surface area contributed by atoms with Crippen molar-refractivity contribution < 1.29 is 4.52 Å². The third-order valence-corrected chi connectivity index (χ3v) is 3.53. The molecule has 5 heteroatoms. The van der Waals surface area contributed by atoms with Crippen LogP contribution in [-0.2, 0) is 6.42 Å². The number of benzene rings is 1. The average Bonchev–Trinajstić information content (AvgIpc) is 2.87. The number of thioether (sulfide) groups is 1. The predicted molar refractivity (Wildman–Crippen MR) is 73.7 cm³/mol. The number of rotatable bonds is 5. The highest BCUT2D eigenvalue weighted by Crippen LogP contribution is 2.21. The maximum atomic E-state index is 5.27. The van der Waals surface area contributed by atoms with Crippen molar-refractivity contribution in [3.63, 3.8) is 0 Å². The molecular formula is C13H17N3OS. The van der Waals surface area contributed by atoms with Gasteiger partial charge < -0.3 is 9.84 Å². The van der Waals surface area contributed by atoms with Gasteiger partial charge in [0.25, 0.3) is 5.89 Å². The van der Waals surface area contributed by atoms with Crippen LogP contribution in [-0.4, -0.2) is 29.5 Å². The van der Waals surface area contributed by atoms with Crippen molar-refractivity contribution >= 4 is 11.8 Å². The second kappa shape index (κ2) is 6.02. The van der Waals surface area contributed by atoms with Gasteiger partial charge in [0.15, 0.2) is 5.82 Å². The lowest BCUT2D eigenvalue weighted by Crippen LogP contribution is -2.24. The fourth-order valence-electron chi connectivity index (χ4n) is 1.56. The van der Waals surface area contributed by atoms with Gasteiger partial charge >= 0.3 is 0 Å². The number of aromatic nitrogens is 2. The van der Waals surface area contributed by atoms with Crippen LogP contribution >= 0.6 is 11.8 Å². The Hall–Kier alpha value is -1.33. The zero-order chi connectivity index (χ0) is 13.0. The molecule has 1 heterocycles. The molecule has 0 aliphatic heterocycles. The maximum absolute atomic E-state index is 5.27. The summed E-state index contributed by atoms with van der Waals surface area (Å²) in [5.74, 6) is 1.32. The van der Waals surface area contributed by atoms with E-state index in [-0.39, 0.29) is 0 Å². The van der Waals surface area contributed by atoms with Crippen LogP contribution in [0.25, 0.3) is 11.5 Å². The standard InChI is InChI=1S/C13H17N3OS/c1-9(14-2)8-12-15-13(17-16-12)10-4-6-11(18-3)7-5-10/h4-7,9,14H,8H2,1-3H3. The summed E-state index contributed by atoms with van der Waals surface area (Å²) in [7, 11) is 1.92. The van der Waals surface area contributed by atoms with Crippen molar-refractivity contribution in [1.82, 2.24) is 15.5 Å². The summed E-state index contributed by atoms with van der Waals surface area (Å²) < 4.78 is 5.27. The molecule has 0 saturated carbocycles. The minimum atomic E-state index is 0.342. The molecule has 0 aliphatic carbocycles. The minimum absolute atomic E-state index is 0.342. The Morgan fingerprint density at radius 1 is 1.33 bits per heavy atom. The SMILES string of the molecule is CNC(C)Cc1noc(-c2ccc(SC)cc2)n1. The number of nitrogens with zero attached hydrogens (tertiary/aromatic N) is 2. The molecule has 0 saturated heterocycles. The number of nitrogens with one attached hydrogen (secondary N) is 1. The van der Waals surface area contributed by atoms with E-state index >= 15 is 0 Å². The third-order valence-electron chi connectivity index (χ3n) is 2.79. The van der Waals surface area contributed by atoms with Gasteiger partial charge in [-0.25, -0.2) is 0 Å². The van der Waals surface area contributed by atoms with E-state index in [4.69, 9.17) is 4.52 Å². The zero-order valence-electron chi connectivity index (χ0n) is 10.8. The molecule has 1 unspecified atom stereocenters. The van der Waals surface area contributed by atoms with Gasteiger partial charge in [-0.2, -0.15) is 4.98 Å². The molecule has 4 nitrogen and oxygen atoms in total. The summed E-state index contributed by atoms with van der Waals surface area (Å²) in [4.78, 5) is 5.62. The predicted octanol–water partition coefficient (Wildman–Crippen LogP) is 2.61. The Labute approximate surface area is 111 Å². The highest BCUT2D eigenvalue weighted by molar-refractivity contribution is 7.98. The Bertz CT molecular complexity index is 495. The van der Waals surface area contributed by atoms with Crippen LogP contribution in [0.15, 0.2) is 33.7 Å². The third kappa shape index (κ3) is 3.11. The van der Waals surface area contributed by atoms with Gasteiger partial charge in [-0.1, -0.05) is 5.16 Å². The molecule has 0 spiro atoms. The van der Waals surface area contributed by atoms with Gasteiger partial charge in [0.1, 0.15) is 0 Å².